The molecule has 0 saturated carbocycles. The van der Waals surface area contributed by atoms with Gasteiger partial charge in [0.25, 0.3) is 0 Å². The molecule has 0 saturated heterocycles. The Morgan fingerprint density at radius 3 is 2.69 bits per heavy atom. The van der Waals surface area contributed by atoms with Crippen molar-refractivity contribution in [3.8, 4) is 0 Å². The van der Waals surface area contributed by atoms with Gasteiger partial charge in [-0.1, -0.05) is 12.1 Å². The zero-order valence-corrected chi connectivity index (χ0v) is 8.68. The lowest BCUT2D eigenvalue weighted by molar-refractivity contribution is 1.29. The minimum Gasteiger partial charge on any atom is -0.321 e. The van der Waals surface area contributed by atoms with Crippen LogP contribution in [-0.4, -0.2) is 4.98 Å². The molecule has 0 aliphatic carbocycles. The lowest BCUT2D eigenvalue weighted by Gasteiger charge is -2.02. The fourth-order valence-corrected chi connectivity index (χ4v) is 1.75. The summed E-state index contributed by atoms with van der Waals surface area (Å²) < 4.78 is 0.961. The number of halogens is 1. The topological polar surface area (TPSA) is 32.9 Å². The number of rotatable bonds is 0. The molecule has 0 amide bonds. The van der Waals surface area contributed by atoms with Gasteiger partial charge in [0.2, 0.25) is 5.56 Å². The Balaban J connectivity index is 2.97. The van der Waals surface area contributed by atoms with Crippen LogP contribution in [0.15, 0.2) is 33.5 Å². The van der Waals surface area contributed by atoms with Crippen LogP contribution < -0.4 is 5.56 Å². The smallest absolute Gasteiger partial charge is 0.248 e. The van der Waals surface area contributed by atoms with Crippen molar-refractivity contribution in [1.82, 2.24) is 4.98 Å². The molecule has 1 N–H and O–H groups in total. The van der Waals surface area contributed by atoms with Gasteiger partial charge in [0.05, 0.1) is 5.52 Å². The van der Waals surface area contributed by atoms with Crippen molar-refractivity contribution in [3.63, 3.8) is 0 Å². The molecule has 0 radical (unpaired) electrons. The van der Waals surface area contributed by atoms with E-state index in [9.17, 15) is 4.79 Å². The van der Waals surface area contributed by atoms with Crippen molar-refractivity contribution in [2.75, 3.05) is 0 Å². The highest BCUT2D eigenvalue weighted by Gasteiger charge is 2.01. The number of H-pyrrole nitrogens is 1. The molecule has 2 nitrogen and oxygen atoms in total. The molecule has 0 bridgehead atoms. The average Bonchev–Trinajstić information content (AvgIpc) is 2.12. The maximum absolute atomic E-state index is 11.1. The van der Waals surface area contributed by atoms with Crippen molar-refractivity contribution in [2.24, 2.45) is 0 Å². The molecule has 1 aromatic carbocycles. The second-order valence-electron chi connectivity index (χ2n) is 2.98. The van der Waals surface area contributed by atoms with E-state index in [0.717, 1.165) is 20.9 Å². The summed E-state index contributed by atoms with van der Waals surface area (Å²) in [5.74, 6) is 0. The van der Waals surface area contributed by atoms with Gasteiger partial charge in [0.1, 0.15) is 0 Å². The summed E-state index contributed by atoms with van der Waals surface area (Å²) in [7, 11) is 0. The zero-order valence-electron chi connectivity index (χ0n) is 7.10. The molecule has 1 aromatic heterocycles. The molecule has 2 aromatic rings. The largest absolute Gasteiger partial charge is 0.321 e. The van der Waals surface area contributed by atoms with E-state index in [-0.39, 0.29) is 5.56 Å². The van der Waals surface area contributed by atoms with Crippen LogP contribution in [0, 0.1) is 6.92 Å². The van der Waals surface area contributed by atoms with Gasteiger partial charge in [0.15, 0.2) is 0 Å². The zero-order chi connectivity index (χ0) is 9.42. The number of pyridine rings is 1. The molecular weight excluding hydrogens is 230 g/mol. The number of aromatic nitrogens is 1. The molecule has 0 aliphatic rings. The molecular formula is C10H8BrNO. The monoisotopic (exact) mass is 237 g/mol. The Kier molecular flexibility index (Phi) is 1.96. The summed E-state index contributed by atoms with van der Waals surface area (Å²) in [5, 5.41) is 1.04. The highest BCUT2D eigenvalue weighted by molar-refractivity contribution is 9.10. The van der Waals surface area contributed by atoms with E-state index in [1.54, 1.807) is 0 Å². The fourth-order valence-electron chi connectivity index (χ4n) is 1.29. The van der Waals surface area contributed by atoms with Gasteiger partial charge in [-0.3, -0.25) is 4.79 Å². The van der Waals surface area contributed by atoms with Crippen LogP contribution in [-0.2, 0) is 0 Å². The van der Waals surface area contributed by atoms with Gasteiger partial charge in [0, 0.05) is 10.5 Å². The third-order valence-corrected chi connectivity index (χ3v) is 3.05. The van der Waals surface area contributed by atoms with Crippen LogP contribution in [0.1, 0.15) is 5.56 Å². The Morgan fingerprint density at radius 1 is 1.23 bits per heavy atom. The predicted octanol–water partition coefficient (Wildman–Crippen LogP) is 2.60. The lowest BCUT2D eigenvalue weighted by atomic mass is 10.1. The van der Waals surface area contributed by atoms with Gasteiger partial charge in [-0.15, -0.1) is 0 Å². The number of hydrogen-bond acceptors (Lipinski definition) is 1. The summed E-state index contributed by atoms with van der Waals surface area (Å²) in [4.78, 5) is 13.9. The van der Waals surface area contributed by atoms with Crippen LogP contribution in [0.5, 0.6) is 0 Å². The molecule has 0 atom stereocenters. The third-order valence-electron chi connectivity index (χ3n) is 2.03. The summed E-state index contributed by atoms with van der Waals surface area (Å²) >= 11 is 3.44. The molecule has 1 heterocycles. The van der Waals surface area contributed by atoms with Crippen molar-refractivity contribution >= 4 is 26.8 Å². The van der Waals surface area contributed by atoms with E-state index in [1.807, 2.05) is 25.1 Å². The summed E-state index contributed by atoms with van der Waals surface area (Å²) in [6.07, 6.45) is 0. The van der Waals surface area contributed by atoms with Crippen molar-refractivity contribution < 1.29 is 0 Å². The summed E-state index contributed by atoms with van der Waals surface area (Å²) in [6.45, 7) is 1.99. The van der Waals surface area contributed by atoms with Crippen LogP contribution in [0.25, 0.3) is 10.9 Å². The van der Waals surface area contributed by atoms with Crippen LogP contribution >= 0.6 is 15.9 Å². The fraction of sp³-hybridized carbons (Fsp3) is 0.100. The standard InChI is InChI=1S/C10H8BrNO/c1-6-2-3-7-4-5-8(13)12-10(7)9(6)11/h2-5H,1H3,(H,12,13). The van der Waals surface area contributed by atoms with Crippen molar-refractivity contribution in [3.05, 3.63) is 44.7 Å². The Hall–Kier alpha value is -1.09. The summed E-state index contributed by atoms with van der Waals surface area (Å²) in [5.41, 5.74) is 1.92. The number of nitrogens with one attached hydrogen (secondary N) is 1. The van der Waals surface area contributed by atoms with Crippen molar-refractivity contribution in [1.29, 1.82) is 0 Å². The molecule has 66 valence electrons. The maximum Gasteiger partial charge on any atom is 0.248 e. The van der Waals surface area contributed by atoms with E-state index in [0.29, 0.717) is 0 Å². The molecule has 3 heteroatoms. The highest BCUT2D eigenvalue weighted by atomic mass is 79.9. The minimum atomic E-state index is -0.0706. The predicted molar refractivity (Wildman–Crippen MR) is 57.0 cm³/mol. The number of fused-ring (bicyclic) bond motifs is 1. The van der Waals surface area contributed by atoms with Gasteiger partial charge in [-0.25, -0.2) is 0 Å². The van der Waals surface area contributed by atoms with Crippen LogP contribution in [0.3, 0.4) is 0 Å². The van der Waals surface area contributed by atoms with E-state index in [1.165, 1.54) is 6.07 Å². The molecule has 0 fully saturated rings. The number of aryl methyl sites for hydroxylation is 1. The molecule has 13 heavy (non-hydrogen) atoms. The lowest BCUT2D eigenvalue weighted by Crippen LogP contribution is -2.02. The molecule has 0 spiro atoms. The normalized spacial score (nSPS) is 10.6. The summed E-state index contributed by atoms with van der Waals surface area (Å²) in [6, 6.07) is 7.36. The third kappa shape index (κ3) is 1.40. The first-order valence-corrected chi connectivity index (χ1v) is 4.76. The highest BCUT2D eigenvalue weighted by Crippen LogP contribution is 2.24. The Morgan fingerprint density at radius 2 is 1.92 bits per heavy atom. The van der Waals surface area contributed by atoms with Crippen LogP contribution in [0.4, 0.5) is 0 Å². The van der Waals surface area contributed by atoms with E-state index in [4.69, 9.17) is 0 Å². The number of aromatic amines is 1. The Bertz CT molecular complexity index is 516. The minimum absolute atomic E-state index is 0.0706. The van der Waals surface area contributed by atoms with E-state index < -0.39 is 0 Å². The van der Waals surface area contributed by atoms with Crippen LogP contribution in [0.2, 0.25) is 0 Å². The van der Waals surface area contributed by atoms with E-state index >= 15 is 0 Å². The van der Waals surface area contributed by atoms with Crippen molar-refractivity contribution in [2.45, 2.75) is 6.92 Å². The second kappa shape index (κ2) is 3.00. The molecule has 0 unspecified atom stereocenters. The van der Waals surface area contributed by atoms with E-state index in [2.05, 4.69) is 20.9 Å². The number of benzene rings is 1. The first-order valence-electron chi connectivity index (χ1n) is 3.96. The quantitative estimate of drug-likeness (QED) is 0.751. The van der Waals surface area contributed by atoms with Gasteiger partial charge in [-0.2, -0.15) is 0 Å². The number of hydrogen-bond donors (Lipinski definition) is 1. The van der Waals surface area contributed by atoms with Gasteiger partial charge < -0.3 is 4.98 Å². The molecule has 2 rings (SSSR count). The second-order valence-corrected chi connectivity index (χ2v) is 3.78. The Labute approximate surface area is 83.7 Å². The first-order chi connectivity index (χ1) is 6.18. The SMILES string of the molecule is Cc1ccc2ccc(=O)[nH]c2c1Br. The average molecular weight is 238 g/mol. The first kappa shape index (κ1) is 8.51. The van der Waals surface area contributed by atoms with Gasteiger partial charge in [-0.05, 0) is 39.9 Å². The maximum atomic E-state index is 11.1. The van der Waals surface area contributed by atoms with Gasteiger partial charge >= 0.3 is 0 Å². The molecule has 0 aliphatic heterocycles.